The predicted octanol–water partition coefficient (Wildman–Crippen LogP) is -1.64. The van der Waals surface area contributed by atoms with Gasteiger partial charge in [-0.05, 0) is 0 Å². The molecule has 74 valence electrons. The number of hydrogen-bond acceptors (Lipinski definition) is 4. The van der Waals surface area contributed by atoms with Gasteiger partial charge in [0.2, 0.25) is 5.91 Å². The van der Waals surface area contributed by atoms with Gasteiger partial charge < -0.3 is 15.0 Å². The molecule has 2 amide bonds. The molecule has 0 aliphatic carbocycles. The van der Waals surface area contributed by atoms with Crippen LogP contribution in [0.1, 0.15) is 0 Å². The zero-order chi connectivity index (χ0) is 10.4. The molecule has 0 aromatic carbocycles. The van der Waals surface area contributed by atoms with E-state index in [-0.39, 0.29) is 12.5 Å². The van der Waals surface area contributed by atoms with E-state index in [4.69, 9.17) is 0 Å². The third-order valence-electron chi connectivity index (χ3n) is 1.37. The van der Waals surface area contributed by atoms with Crippen molar-refractivity contribution in [1.82, 2.24) is 10.2 Å². The number of carbonyl (C=O) groups is 3. The molecule has 6 heteroatoms. The largest absolute Gasteiger partial charge is 0.462 e. The molecule has 0 fully saturated rings. The van der Waals surface area contributed by atoms with Crippen LogP contribution in [0.2, 0.25) is 0 Å². The van der Waals surface area contributed by atoms with Crippen molar-refractivity contribution < 1.29 is 19.1 Å². The summed E-state index contributed by atoms with van der Waals surface area (Å²) in [5.74, 6) is -2.17. The molecule has 0 spiro atoms. The molecule has 13 heavy (non-hydrogen) atoms. The molecule has 0 saturated carbocycles. The Morgan fingerprint density at radius 2 is 1.92 bits per heavy atom. The van der Waals surface area contributed by atoms with Crippen LogP contribution in [-0.4, -0.2) is 50.4 Å². The third-order valence-corrected chi connectivity index (χ3v) is 1.37. The van der Waals surface area contributed by atoms with Crippen molar-refractivity contribution >= 4 is 17.8 Å². The molecule has 0 atom stereocenters. The van der Waals surface area contributed by atoms with Crippen LogP contribution in [0.25, 0.3) is 0 Å². The summed E-state index contributed by atoms with van der Waals surface area (Å²) in [6.45, 7) is -0.162. The van der Waals surface area contributed by atoms with Gasteiger partial charge in [0, 0.05) is 14.1 Å². The second-order valence-corrected chi connectivity index (χ2v) is 2.33. The third kappa shape index (κ3) is 3.55. The van der Waals surface area contributed by atoms with Crippen LogP contribution in [0.5, 0.6) is 0 Å². The molecule has 1 N–H and O–H groups in total. The SMILES string of the molecule is CNC(=O)CN(C)C(=O)C(=O)OC. The normalized spacial score (nSPS) is 8.85. The summed E-state index contributed by atoms with van der Waals surface area (Å²) >= 11 is 0. The van der Waals surface area contributed by atoms with Crippen molar-refractivity contribution in [3.63, 3.8) is 0 Å². The fraction of sp³-hybridized carbons (Fsp3) is 0.571. The monoisotopic (exact) mass is 188 g/mol. The zero-order valence-corrected chi connectivity index (χ0v) is 7.79. The van der Waals surface area contributed by atoms with E-state index in [2.05, 4.69) is 10.1 Å². The van der Waals surface area contributed by atoms with Crippen molar-refractivity contribution in [2.24, 2.45) is 0 Å². The molecule has 6 nitrogen and oxygen atoms in total. The van der Waals surface area contributed by atoms with Gasteiger partial charge >= 0.3 is 11.9 Å². The minimum atomic E-state index is -0.980. The highest BCUT2D eigenvalue weighted by atomic mass is 16.5. The maximum atomic E-state index is 11.0. The van der Waals surface area contributed by atoms with Crippen molar-refractivity contribution in [2.75, 3.05) is 27.7 Å². The fourth-order valence-corrected chi connectivity index (χ4v) is 0.609. The molecule has 0 heterocycles. The summed E-state index contributed by atoms with van der Waals surface area (Å²) in [4.78, 5) is 33.4. The van der Waals surface area contributed by atoms with E-state index in [0.717, 1.165) is 12.0 Å². The number of methoxy groups -OCH3 is 1. The number of likely N-dealkylation sites (N-methyl/N-ethyl adjacent to an activating group) is 2. The zero-order valence-electron chi connectivity index (χ0n) is 7.79. The Bertz CT molecular complexity index is 227. The minimum Gasteiger partial charge on any atom is -0.462 e. The van der Waals surface area contributed by atoms with Crippen LogP contribution in [0.4, 0.5) is 0 Å². The average Bonchev–Trinajstić information content (AvgIpc) is 2.14. The quantitative estimate of drug-likeness (QED) is 0.416. The van der Waals surface area contributed by atoms with E-state index >= 15 is 0 Å². The van der Waals surface area contributed by atoms with Crippen LogP contribution in [-0.2, 0) is 19.1 Å². The lowest BCUT2D eigenvalue weighted by molar-refractivity contribution is -0.157. The Balaban J connectivity index is 4.11. The van der Waals surface area contributed by atoms with Gasteiger partial charge in [-0.1, -0.05) is 0 Å². The van der Waals surface area contributed by atoms with E-state index in [1.165, 1.54) is 14.1 Å². The number of carbonyl (C=O) groups excluding carboxylic acids is 3. The highest BCUT2D eigenvalue weighted by Gasteiger charge is 2.20. The second-order valence-electron chi connectivity index (χ2n) is 2.33. The number of hydrogen-bond donors (Lipinski definition) is 1. The maximum Gasteiger partial charge on any atom is 0.396 e. The van der Waals surface area contributed by atoms with Crippen molar-refractivity contribution in [3.8, 4) is 0 Å². The lowest BCUT2D eigenvalue weighted by atomic mass is 10.4. The van der Waals surface area contributed by atoms with Gasteiger partial charge in [-0.2, -0.15) is 0 Å². The summed E-state index contributed by atoms with van der Waals surface area (Å²) in [5.41, 5.74) is 0. The van der Waals surface area contributed by atoms with Gasteiger partial charge in [-0.25, -0.2) is 4.79 Å². The Labute approximate surface area is 75.8 Å². The fourth-order valence-electron chi connectivity index (χ4n) is 0.609. The number of nitrogens with one attached hydrogen (secondary N) is 1. The Morgan fingerprint density at radius 1 is 1.38 bits per heavy atom. The van der Waals surface area contributed by atoms with Gasteiger partial charge in [0.15, 0.2) is 0 Å². The summed E-state index contributed by atoms with van der Waals surface area (Å²) in [7, 11) is 3.89. The van der Waals surface area contributed by atoms with E-state index < -0.39 is 11.9 Å². The van der Waals surface area contributed by atoms with Gasteiger partial charge in [-0.3, -0.25) is 9.59 Å². The number of esters is 1. The molecule has 0 aliphatic heterocycles. The molecule has 0 saturated heterocycles. The van der Waals surface area contributed by atoms with Gasteiger partial charge in [0.1, 0.15) is 0 Å². The van der Waals surface area contributed by atoms with E-state index in [9.17, 15) is 14.4 Å². The van der Waals surface area contributed by atoms with E-state index in [0.29, 0.717) is 0 Å². The Morgan fingerprint density at radius 3 is 2.31 bits per heavy atom. The molecule has 0 bridgehead atoms. The summed E-state index contributed by atoms with van der Waals surface area (Å²) in [5, 5.41) is 2.32. The first kappa shape index (κ1) is 11.4. The molecule has 0 unspecified atom stereocenters. The number of ether oxygens (including phenoxy) is 1. The van der Waals surface area contributed by atoms with E-state index in [1.807, 2.05) is 0 Å². The summed E-state index contributed by atoms with van der Waals surface area (Å²) < 4.78 is 4.19. The molecule has 0 aromatic rings. The van der Waals surface area contributed by atoms with Crippen molar-refractivity contribution in [1.29, 1.82) is 0 Å². The van der Waals surface area contributed by atoms with E-state index in [1.54, 1.807) is 0 Å². The number of nitrogens with zero attached hydrogens (tertiary/aromatic N) is 1. The van der Waals surface area contributed by atoms with Crippen LogP contribution >= 0.6 is 0 Å². The number of amides is 2. The van der Waals surface area contributed by atoms with Crippen LogP contribution in [0.3, 0.4) is 0 Å². The standard InChI is InChI=1S/C7H12N2O4/c1-8-5(10)4-9(2)6(11)7(12)13-3/h4H2,1-3H3,(H,8,10). The maximum absolute atomic E-state index is 11.0. The Kier molecular flexibility index (Phi) is 4.50. The molecular formula is C7H12N2O4. The second kappa shape index (κ2) is 5.13. The van der Waals surface area contributed by atoms with Gasteiger partial charge in [0.05, 0.1) is 13.7 Å². The molecular weight excluding hydrogens is 176 g/mol. The number of rotatable bonds is 2. The minimum absolute atomic E-state index is 0.162. The van der Waals surface area contributed by atoms with Gasteiger partial charge in [-0.15, -0.1) is 0 Å². The highest BCUT2D eigenvalue weighted by Crippen LogP contribution is 1.86. The molecule has 0 aromatic heterocycles. The van der Waals surface area contributed by atoms with Crippen LogP contribution in [0.15, 0.2) is 0 Å². The van der Waals surface area contributed by atoms with Crippen molar-refractivity contribution in [3.05, 3.63) is 0 Å². The molecule has 0 aliphatic rings. The average molecular weight is 188 g/mol. The first-order valence-electron chi connectivity index (χ1n) is 3.57. The summed E-state index contributed by atoms with van der Waals surface area (Å²) in [6.07, 6.45) is 0. The van der Waals surface area contributed by atoms with Crippen molar-refractivity contribution in [2.45, 2.75) is 0 Å². The lowest BCUT2D eigenvalue weighted by Crippen LogP contribution is -2.40. The predicted molar refractivity (Wildman–Crippen MR) is 43.7 cm³/mol. The molecule has 0 rings (SSSR count). The van der Waals surface area contributed by atoms with Crippen LogP contribution in [0, 0.1) is 0 Å². The first-order chi connectivity index (χ1) is 6.02. The topological polar surface area (TPSA) is 75.7 Å². The van der Waals surface area contributed by atoms with Crippen LogP contribution < -0.4 is 5.32 Å². The highest BCUT2D eigenvalue weighted by molar-refractivity contribution is 6.32. The first-order valence-corrected chi connectivity index (χ1v) is 3.57. The smallest absolute Gasteiger partial charge is 0.396 e. The summed E-state index contributed by atoms with van der Waals surface area (Å²) in [6, 6.07) is 0. The van der Waals surface area contributed by atoms with Gasteiger partial charge in [0.25, 0.3) is 0 Å². The lowest BCUT2D eigenvalue weighted by Gasteiger charge is -2.13. The molecule has 0 radical (unpaired) electrons. The Hall–Kier alpha value is -1.59.